The number of carbonyl (C=O) groups excluding carboxylic acids is 1. The van der Waals surface area contributed by atoms with Crippen LogP contribution in [-0.2, 0) is 17.0 Å². The second-order valence-electron chi connectivity index (χ2n) is 5.11. The van der Waals surface area contributed by atoms with Gasteiger partial charge in [-0.2, -0.15) is 0 Å². The monoisotopic (exact) mass is 358 g/mol. The highest BCUT2D eigenvalue weighted by Gasteiger charge is 2.09. The van der Waals surface area contributed by atoms with Crippen LogP contribution >= 0.6 is 23.1 Å². The summed E-state index contributed by atoms with van der Waals surface area (Å²) in [6, 6.07) is 15.8. The molecule has 0 saturated heterocycles. The van der Waals surface area contributed by atoms with Crippen molar-refractivity contribution in [2.75, 3.05) is 5.32 Å². The number of anilines is 1. The van der Waals surface area contributed by atoms with Gasteiger partial charge in [0.05, 0.1) is 12.1 Å². The first-order valence-electron chi connectivity index (χ1n) is 7.35. The summed E-state index contributed by atoms with van der Waals surface area (Å²) in [5.74, 6) is 0.412. The molecule has 2 aromatic carbocycles. The van der Waals surface area contributed by atoms with Crippen LogP contribution in [0.5, 0.6) is 0 Å². The van der Waals surface area contributed by atoms with Gasteiger partial charge in [0.2, 0.25) is 5.91 Å². The van der Waals surface area contributed by atoms with Crippen molar-refractivity contribution < 1.29 is 9.18 Å². The highest BCUT2D eigenvalue weighted by molar-refractivity contribution is 8.00. The first-order chi connectivity index (χ1) is 11.7. The van der Waals surface area contributed by atoms with Crippen molar-refractivity contribution in [2.24, 2.45) is 0 Å². The SMILES string of the molecule is O=C(Cc1csc(SCc2ccc(F)cc2)n1)Nc1ccccc1. The van der Waals surface area contributed by atoms with Crippen LogP contribution in [0.1, 0.15) is 11.3 Å². The first kappa shape index (κ1) is 16.7. The first-order valence-corrected chi connectivity index (χ1v) is 9.22. The lowest BCUT2D eigenvalue weighted by atomic mass is 10.2. The van der Waals surface area contributed by atoms with E-state index in [1.165, 1.54) is 23.5 Å². The minimum absolute atomic E-state index is 0.0819. The highest BCUT2D eigenvalue weighted by atomic mass is 32.2. The highest BCUT2D eigenvalue weighted by Crippen LogP contribution is 2.26. The fourth-order valence-electron chi connectivity index (χ4n) is 2.05. The molecule has 0 atom stereocenters. The van der Waals surface area contributed by atoms with Crippen molar-refractivity contribution in [3.63, 3.8) is 0 Å². The van der Waals surface area contributed by atoms with Gasteiger partial charge < -0.3 is 5.32 Å². The van der Waals surface area contributed by atoms with Crippen molar-refractivity contribution in [1.82, 2.24) is 4.98 Å². The molecule has 1 heterocycles. The molecule has 0 saturated carbocycles. The zero-order valence-electron chi connectivity index (χ0n) is 12.7. The summed E-state index contributed by atoms with van der Waals surface area (Å²) < 4.78 is 13.8. The maximum Gasteiger partial charge on any atom is 0.230 e. The van der Waals surface area contributed by atoms with Gasteiger partial charge in [-0.15, -0.1) is 11.3 Å². The Kier molecular flexibility index (Phi) is 5.61. The van der Waals surface area contributed by atoms with E-state index in [1.807, 2.05) is 35.7 Å². The number of rotatable bonds is 6. The molecule has 6 heteroatoms. The average Bonchev–Trinajstić information content (AvgIpc) is 3.02. The van der Waals surface area contributed by atoms with E-state index in [0.717, 1.165) is 27.0 Å². The second-order valence-corrected chi connectivity index (χ2v) is 7.19. The number of thioether (sulfide) groups is 1. The normalized spacial score (nSPS) is 10.5. The number of carbonyl (C=O) groups is 1. The van der Waals surface area contributed by atoms with E-state index < -0.39 is 0 Å². The molecule has 0 aliphatic rings. The van der Waals surface area contributed by atoms with E-state index in [4.69, 9.17) is 0 Å². The molecule has 1 aromatic heterocycles. The third-order valence-corrected chi connectivity index (χ3v) is 5.35. The number of hydrogen-bond donors (Lipinski definition) is 1. The number of benzene rings is 2. The van der Waals surface area contributed by atoms with Crippen LogP contribution in [0.15, 0.2) is 64.3 Å². The van der Waals surface area contributed by atoms with E-state index in [0.29, 0.717) is 0 Å². The van der Waals surface area contributed by atoms with Gasteiger partial charge in [0.1, 0.15) is 10.2 Å². The van der Waals surface area contributed by atoms with Crippen LogP contribution in [0.2, 0.25) is 0 Å². The lowest BCUT2D eigenvalue weighted by Crippen LogP contribution is -2.14. The standard InChI is InChI=1S/C18H15FN2OS2/c19-14-8-6-13(7-9-14)11-23-18-21-16(12-24-18)10-17(22)20-15-4-2-1-3-5-15/h1-9,12H,10-11H2,(H,20,22). The lowest BCUT2D eigenvalue weighted by Gasteiger charge is -2.03. The molecule has 0 unspecified atom stereocenters. The van der Waals surface area contributed by atoms with E-state index in [9.17, 15) is 9.18 Å². The molecule has 1 amide bonds. The maximum absolute atomic E-state index is 12.9. The topological polar surface area (TPSA) is 42.0 Å². The summed E-state index contributed by atoms with van der Waals surface area (Å²) in [4.78, 5) is 16.5. The largest absolute Gasteiger partial charge is 0.326 e. The summed E-state index contributed by atoms with van der Waals surface area (Å²) >= 11 is 3.10. The fraction of sp³-hybridized carbons (Fsp3) is 0.111. The van der Waals surface area contributed by atoms with Crippen LogP contribution in [0.4, 0.5) is 10.1 Å². The van der Waals surface area contributed by atoms with Crippen LogP contribution < -0.4 is 5.32 Å². The van der Waals surface area contributed by atoms with E-state index in [2.05, 4.69) is 10.3 Å². The Hall–Kier alpha value is -2.18. The molecule has 0 bridgehead atoms. The smallest absolute Gasteiger partial charge is 0.230 e. The number of hydrogen-bond acceptors (Lipinski definition) is 4. The molecule has 3 rings (SSSR count). The van der Waals surface area contributed by atoms with Gasteiger partial charge in [-0.3, -0.25) is 4.79 Å². The Morgan fingerprint density at radius 2 is 1.88 bits per heavy atom. The van der Waals surface area contributed by atoms with Crippen LogP contribution in [0.3, 0.4) is 0 Å². The second kappa shape index (κ2) is 8.08. The van der Waals surface area contributed by atoms with Gasteiger partial charge in [0.15, 0.2) is 0 Å². The quantitative estimate of drug-likeness (QED) is 0.646. The van der Waals surface area contributed by atoms with Crippen molar-refractivity contribution in [3.8, 4) is 0 Å². The summed E-state index contributed by atoms with van der Waals surface area (Å²) in [7, 11) is 0. The molecular formula is C18H15FN2OS2. The number of nitrogens with zero attached hydrogens (tertiary/aromatic N) is 1. The summed E-state index contributed by atoms with van der Waals surface area (Å²) in [6.07, 6.45) is 0.252. The molecule has 0 fully saturated rings. The average molecular weight is 358 g/mol. The number of amides is 1. The Morgan fingerprint density at radius 1 is 1.12 bits per heavy atom. The third kappa shape index (κ3) is 4.91. The van der Waals surface area contributed by atoms with Crippen LogP contribution in [0.25, 0.3) is 0 Å². The lowest BCUT2D eigenvalue weighted by molar-refractivity contribution is -0.115. The Morgan fingerprint density at radius 3 is 2.62 bits per heavy atom. The molecule has 0 aliphatic carbocycles. The predicted octanol–water partition coefficient (Wildman–Crippen LogP) is 4.76. The number of halogens is 1. The van der Waals surface area contributed by atoms with Gasteiger partial charge in [0.25, 0.3) is 0 Å². The summed E-state index contributed by atoms with van der Waals surface area (Å²) in [6.45, 7) is 0. The molecule has 0 spiro atoms. The predicted molar refractivity (Wildman–Crippen MR) is 96.9 cm³/mol. The summed E-state index contributed by atoms with van der Waals surface area (Å²) in [5, 5.41) is 4.75. The number of nitrogens with one attached hydrogen (secondary N) is 1. The number of aromatic nitrogens is 1. The molecule has 3 nitrogen and oxygen atoms in total. The van der Waals surface area contributed by atoms with Crippen molar-refractivity contribution in [1.29, 1.82) is 0 Å². The molecular weight excluding hydrogens is 343 g/mol. The molecule has 3 aromatic rings. The van der Waals surface area contributed by atoms with E-state index in [-0.39, 0.29) is 18.1 Å². The Balaban J connectivity index is 1.51. The van der Waals surface area contributed by atoms with E-state index in [1.54, 1.807) is 23.9 Å². The van der Waals surface area contributed by atoms with E-state index >= 15 is 0 Å². The van der Waals surface area contributed by atoms with Gasteiger partial charge in [-0.1, -0.05) is 42.1 Å². The van der Waals surface area contributed by atoms with Crippen molar-refractivity contribution >= 4 is 34.7 Å². The van der Waals surface area contributed by atoms with Gasteiger partial charge in [-0.25, -0.2) is 9.37 Å². The maximum atomic E-state index is 12.9. The molecule has 0 radical (unpaired) electrons. The number of para-hydroxylation sites is 1. The van der Waals surface area contributed by atoms with Gasteiger partial charge >= 0.3 is 0 Å². The molecule has 122 valence electrons. The fourth-order valence-corrected chi connectivity index (χ4v) is 3.85. The molecule has 24 heavy (non-hydrogen) atoms. The molecule has 1 N–H and O–H groups in total. The van der Waals surface area contributed by atoms with Crippen molar-refractivity contribution in [2.45, 2.75) is 16.5 Å². The summed E-state index contributed by atoms with van der Waals surface area (Å²) in [5.41, 5.74) is 2.58. The minimum Gasteiger partial charge on any atom is -0.326 e. The minimum atomic E-state index is -0.232. The zero-order chi connectivity index (χ0) is 16.8. The Bertz CT molecular complexity index is 803. The number of thiazole rings is 1. The van der Waals surface area contributed by atoms with Crippen LogP contribution in [0, 0.1) is 5.82 Å². The van der Waals surface area contributed by atoms with Gasteiger partial charge in [0, 0.05) is 16.8 Å². The van der Waals surface area contributed by atoms with Gasteiger partial charge in [-0.05, 0) is 29.8 Å². The zero-order valence-corrected chi connectivity index (χ0v) is 14.4. The van der Waals surface area contributed by atoms with Crippen molar-refractivity contribution in [3.05, 3.63) is 77.1 Å². The molecule has 0 aliphatic heterocycles. The van der Waals surface area contributed by atoms with Crippen LogP contribution in [-0.4, -0.2) is 10.9 Å². The Labute approximate surface area is 148 Å². The third-order valence-electron chi connectivity index (χ3n) is 3.21.